The van der Waals surface area contributed by atoms with Gasteiger partial charge in [-0.05, 0) is 30.3 Å². The molecule has 2 aromatic carbocycles. The maximum absolute atomic E-state index is 11.0. The van der Waals surface area contributed by atoms with E-state index in [0.29, 0.717) is 27.0 Å². The fourth-order valence-corrected chi connectivity index (χ4v) is 2.96. The van der Waals surface area contributed by atoms with Crippen LogP contribution in [0.25, 0.3) is 0 Å². The first-order chi connectivity index (χ1) is 9.47. The number of nitrogens with zero attached hydrogens (tertiary/aromatic N) is 1. The Balaban J connectivity index is 2.22. The van der Waals surface area contributed by atoms with E-state index in [1.165, 1.54) is 23.9 Å². The largest absolute Gasteiger partial charge is 0.398 e. The van der Waals surface area contributed by atoms with Gasteiger partial charge >= 0.3 is 0 Å². The van der Waals surface area contributed by atoms with Crippen LogP contribution in [0.2, 0.25) is 10.0 Å². The number of thioether (sulfide) groups is 1. The number of rotatable bonds is 4. The number of nitro benzene ring substituents is 1. The van der Waals surface area contributed by atoms with E-state index < -0.39 is 4.92 Å². The highest BCUT2D eigenvalue weighted by molar-refractivity contribution is 7.98. The summed E-state index contributed by atoms with van der Waals surface area (Å²) in [6, 6.07) is 9.67. The van der Waals surface area contributed by atoms with Crippen LogP contribution in [-0.2, 0) is 5.75 Å². The summed E-state index contributed by atoms with van der Waals surface area (Å²) in [6.45, 7) is 0. The number of nitro groups is 1. The molecular weight excluding hydrogens is 319 g/mol. The Morgan fingerprint density at radius 3 is 2.45 bits per heavy atom. The van der Waals surface area contributed by atoms with Crippen molar-refractivity contribution in [3.8, 4) is 0 Å². The first-order valence-corrected chi connectivity index (χ1v) is 7.32. The topological polar surface area (TPSA) is 69.2 Å². The average molecular weight is 329 g/mol. The summed E-state index contributed by atoms with van der Waals surface area (Å²) in [5.41, 5.74) is 7.00. The van der Waals surface area contributed by atoms with E-state index in [1.54, 1.807) is 24.3 Å². The summed E-state index contributed by atoms with van der Waals surface area (Å²) in [7, 11) is 0. The highest BCUT2D eigenvalue weighted by Crippen LogP contribution is 2.33. The van der Waals surface area contributed by atoms with Crippen LogP contribution in [-0.4, -0.2) is 4.92 Å². The number of halogens is 2. The lowest BCUT2D eigenvalue weighted by Gasteiger charge is -2.07. The molecule has 0 amide bonds. The van der Waals surface area contributed by atoms with Gasteiger partial charge in [0, 0.05) is 38.0 Å². The van der Waals surface area contributed by atoms with Crippen molar-refractivity contribution in [3.63, 3.8) is 0 Å². The van der Waals surface area contributed by atoms with Crippen LogP contribution in [0.3, 0.4) is 0 Å². The summed E-state index contributed by atoms with van der Waals surface area (Å²) < 4.78 is 0. The summed E-state index contributed by atoms with van der Waals surface area (Å²) in [6.07, 6.45) is 0. The number of hydrogen-bond acceptors (Lipinski definition) is 4. The molecule has 0 aliphatic heterocycles. The summed E-state index contributed by atoms with van der Waals surface area (Å²) in [4.78, 5) is 11.4. The van der Waals surface area contributed by atoms with Gasteiger partial charge in [-0.25, -0.2) is 0 Å². The van der Waals surface area contributed by atoms with Crippen molar-refractivity contribution < 1.29 is 4.92 Å². The summed E-state index contributed by atoms with van der Waals surface area (Å²) in [5.74, 6) is 0.405. The second-order valence-corrected chi connectivity index (χ2v) is 5.89. The van der Waals surface area contributed by atoms with Gasteiger partial charge in [0.1, 0.15) is 0 Å². The van der Waals surface area contributed by atoms with E-state index in [-0.39, 0.29) is 5.69 Å². The van der Waals surface area contributed by atoms with Crippen LogP contribution in [0, 0.1) is 10.1 Å². The SMILES string of the molecule is Nc1cc(Cl)ccc1SCc1cc(Cl)ccc1[N+](=O)[O-]. The number of benzene rings is 2. The van der Waals surface area contributed by atoms with Crippen molar-refractivity contribution in [3.05, 3.63) is 62.1 Å². The molecule has 0 unspecified atom stereocenters. The third-order valence-corrected chi connectivity index (χ3v) is 4.20. The van der Waals surface area contributed by atoms with E-state index in [4.69, 9.17) is 28.9 Å². The van der Waals surface area contributed by atoms with E-state index >= 15 is 0 Å². The number of anilines is 1. The molecule has 4 nitrogen and oxygen atoms in total. The van der Waals surface area contributed by atoms with E-state index in [1.807, 2.05) is 0 Å². The molecule has 0 fully saturated rings. The molecule has 104 valence electrons. The fourth-order valence-electron chi connectivity index (χ4n) is 1.65. The molecule has 0 aliphatic carbocycles. The second-order valence-electron chi connectivity index (χ2n) is 4.00. The van der Waals surface area contributed by atoms with Crippen molar-refractivity contribution in [2.45, 2.75) is 10.6 Å². The number of nitrogen functional groups attached to an aromatic ring is 1. The van der Waals surface area contributed by atoms with Crippen molar-refractivity contribution in [2.75, 3.05) is 5.73 Å². The standard InChI is InChI=1S/C13H10Cl2N2O2S/c14-9-1-3-12(17(18)19)8(5-9)7-20-13-4-2-10(15)6-11(13)16/h1-6H,7,16H2. The van der Waals surface area contributed by atoms with Gasteiger partial charge in [0.15, 0.2) is 0 Å². The molecular formula is C13H10Cl2N2O2S. The van der Waals surface area contributed by atoms with Crippen LogP contribution in [0.5, 0.6) is 0 Å². The second kappa shape index (κ2) is 6.35. The van der Waals surface area contributed by atoms with Crippen LogP contribution in [0.15, 0.2) is 41.3 Å². The average Bonchev–Trinajstić information content (AvgIpc) is 2.37. The van der Waals surface area contributed by atoms with Crippen LogP contribution in [0.1, 0.15) is 5.56 Å². The molecule has 7 heteroatoms. The van der Waals surface area contributed by atoms with E-state index in [9.17, 15) is 10.1 Å². The molecule has 0 heterocycles. The molecule has 0 saturated carbocycles. The molecule has 2 rings (SSSR count). The first kappa shape index (κ1) is 15.0. The molecule has 0 bridgehead atoms. The first-order valence-electron chi connectivity index (χ1n) is 5.58. The summed E-state index contributed by atoms with van der Waals surface area (Å²) in [5, 5.41) is 12.0. The Hall–Kier alpha value is -1.43. The third-order valence-electron chi connectivity index (χ3n) is 2.59. The highest BCUT2D eigenvalue weighted by Gasteiger charge is 2.14. The minimum absolute atomic E-state index is 0.0504. The minimum atomic E-state index is -0.419. The van der Waals surface area contributed by atoms with Crippen molar-refractivity contribution in [1.29, 1.82) is 0 Å². The molecule has 0 aromatic heterocycles. The maximum atomic E-state index is 11.0. The Morgan fingerprint density at radius 1 is 1.15 bits per heavy atom. The van der Waals surface area contributed by atoms with Gasteiger partial charge in [-0.3, -0.25) is 10.1 Å². The smallest absolute Gasteiger partial charge is 0.273 e. The van der Waals surface area contributed by atoms with E-state index in [0.717, 1.165) is 4.90 Å². The third kappa shape index (κ3) is 3.56. The predicted molar refractivity (Wildman–Crippen MR) is 83.5 cm³/mol. The predicted octanol–water partition coefficient (Wildman–Crippen LogP) is 4.78. The van der Waals surface area contributed by atoms with Crippen LogP contribution >= 0.6 is 35.0 Å². The zero-order valence-electron chi connectivity index (χ0n) is 10.2. The number of nitrogens with two attached hydrogens (primary N) is 1. The Bertz CT molecular complexity index is 665. The summed E-state index contributed by atoms with van der Waals surface area (Å²) >= 11 is 13.1. The molecule has 0 saturated heterocycles. The van der Waals surface area contributed by atoms with Gasteiger partial charge in [-0.2, -0.15) is 0 Å². The quantitative estimate of drug-likeness (QED) is 0.379. The Labute approximate surface area is 130 Å². The lowest BCUT2D eigenvalue weighted by Crippen LogP contribution is -1.95. The van der Waals surface area contributed by atoms with Gasteiger partial charge in [0.05, 0.1) is 4.92 Å². The van der Waals surface area contributed by atoms with Crippen LogP contribution in [0.4, 0.5) is 11.4 Å². The fraction of sp³-hybridized carbons (Fsp3) is 0.0769. The maximum Gasteiger partial charge on any atom is 0.273 e. The molecule has 0 spiro atoms. The van der Waals surface area contributed by atoms with Gasteiger partial charge in [-0.15, -0.1) is 11.8 Å². The lowest BCUT2D eigenvalue weighted by molar-refractivity contribution is -0.385. The number of hydrogen-bond donors (Lipinski definition) is 1. The van der Waals surface area contributed by atoms with Crippen molar-refractivity contribution in [1.82, 2.24) is 0 Å². The normalized spacial score (nSPS) is 10.5. The Kier molecular flexibility index (Phi) is 4.75. The van der Waals surface area contributed by atoms with Gasteiger partial charge in [-0.1, -0.05) is 23.2 Å². The molecule has 0 radical (unpaired) electrons. The Morgan fingerprint density at radius 2 is 1.80 bits per heavy atom. The van der Waals surface area contributed by atoms with E-state index in [2.05, 4.69) is 0 Å². The van der Waals surface area contributed by atoms with Gasteiger partial charge in [0.2, 0.25) is 0 Å². The molecule has 0 aliphatic rings. The monoisotopic (exact) mass is 328 g/mol. The molecule has 2 aromatic rings. The van der Waals surface area contributed by atoms with Crippen LogP contribution < -0.4 is 5.73 Å². The zero-order chi connectivity index (χ0) is 14.7. The molecule has 20 heavy (non-hydrogen) atoms. The van der Waals surface area contributed by atoms with Crippen molar-refractivity contribution >= 4 is 46.3 Å². The van der Waals surface area contributed by atoms with Crippen molar-refractivity contribution in [2.24, 2.45) is 0 Å². The van der Waals surface area contributed by atoms with Gasteiger partial charge in [0.25, 0.3) is 5.69 Å². The lowest BCUT2D eigenvalue weighted by atomic mass is 10.2. The zero-order valence-corrected chi connectivity index (χ0v) is 12.5. The molecule has 2 N–H and O–H groups in total. The highest BCUT2D eigenvalue weighted by atomic mass is 35.5. The molecule has 0 atom stereocenters. The minimum Gasteiger partial charge on any atom is -0.398 e. The van der Waals surface area contributed by atoms with Gasteiger partial charge < -0.3 is 5.73 Å².